The minimum Gasteiger partial charge on any atom is -0.478 e. The molecule has 3 rings (SSSR count). The predicted molar refractivity (Wildman–Crippen MR) is 70.7 cm³/mol. The van der Waals surface area contributed by atoms with Crippen LogP contribution in [0.3, 0.4) is 0 Å². The second-order valence-electron chi connectivity index (χ2n) is 4.27. The summed E-state index contributed by atoms with van der Waals surface area (Å²) in [4.78, 5) is 14.1. The van der Waals surface area contributed by atoms with Crippen LogP contribution in [-0.4, -0.2) is 16.1 Å². The summed E-state index contributed by atoms with van der Waals surface area (Å²) < 4.78 is 12.9. The molecule has 0 amide bonds. The van der Waals surface area contributed by atoms with Crippen LogP contribution >= 0.6 is 0 Å². The number of carboxylic acid groups (broad SMARTS) is 1. The Kier molecular flexibility index (Phi) is 2.56. The highest BCUT2D eigenvalue weighted by Crippen LogP contribution is 2.29. The van der Waals surface area contributed by atoms with Crippen molar-refractivity contribution >= 4 is 16.9 Å². The molecule has 0 radical (unpaired) electrons. The van der Waals surface area contributed by atoms with Crippen molar-refractivity contribution in [3.8, 4) is 11.1 Å². The Morgan fingerprint density at radius 1 is 1.11 bits per heavy atom. The normalized spacial score (nSPS) is 10.8. The fourth-order valence-electron chi connectivity index (χ4n) is 2.12. The Balaban J connectivity index is 2.21. The van der Waals surface area contributed by atoms with Gasteiger partial charge in [0.2, 0.25) is 0 Å². The molecule has 1 aromatic heterocycles. The van der Waals surface area contributed by atoms with Gasteiger partial charge in [0.15, 0.2) is 0 Å². The van der Waals surface area contributed by atoms with Crippen LogP contribution in [0.2, 0.25) is 0 Å². The Morgan fingerprint density at radius 3 is 2.53 bits per heavy atom. The van der Waals surface area contributed by atoms with Crippen molar-refractivity contribution in [1.82, 2.24) is 4.98 Å². The molecule has 0 unspecified atom stereocenters. The second-order valence-corrected chi connectivity index (χ2v) is 4.27. The first kappa shape index (κ1) is 11.5. The Hall–Kier alpha value is -2.62. The summed E-state index contributed by atoms with van der Waals surface area (Å²) in [6, 6.07) is 11.0. The molecule has 3 nitrogen and oxygen atoms in total. The quantitative estimate of drug-likeness (QED) is 0.734. The van der Waals surface area contributed by atoms with Gasteiger partial charge in [0.25, 0.3) is 0 Å². The standard InChI is InChI=1S/C15H10FNO2/c16-11-4-1-9(2-5-11)13-8-17-14-6-3-10(15(18)19)7-12(13)14/h1-8,17H,(H,18,19). The van der Waals surface area contributed by atoms with E-state index in [2.05, 4.69) is 4.98 Å². The molecule has 0 atom stereocenters. The number of hydrogen-bond acceptors (Lipinski definition) is 1. The van der Waals surface area contributed by atoms with Crippen LogP contribution in [-0.2, 0) is 0 Å². The van der Waals surface area contributed by atoms with Crippen LogP contribution in [0.25, 0.3) is 22.0 Å². The van der Waals surface area contributed by atoms with E-state index in [4.69, 9.17) is 5.11 Å². The number of H-pyrrole nitrogens is 1. The summed E-state index contributed by atoms with van der Waals surface area (Å²) >= 11 is 0. The predicted octanol–water partition coefficient (Wildman–Crippen LogP) is 3.67. The molecule has 0 spiro atoms. The number of benzene rings is 2. The number of carbonyl (C=O) groups is 1. The van der Waals surface area contributed by atoms with Gasteiger partial charge in [-0.15, -0.1) is 0 Å². The summed E-state index contributed by atoms with van der Waals surface area (Å²) in [5, 5.41) is 9.83. The van der Waals surface area contributed by atoms with E-state index in [1.54, 1.807) is 36.5 Å². The lowest BCUT2D eigenvalue weighted by Gasteiger charge is -2.01. The fourth-order valence-corrected chi connectivity index (χ4v) is 2.12. The molecular weight excluding hydrogens is 245 g/mol. The van der Waals surface area contributed by atoms with Crippen LogP contribution in [0.1, 0.15) is 10.4 Å². The van der Waals surface area contributed by atoms with Gasteiger partial charge in [-0.1, -0.05) is 12.1 Å². The molecule has 0 fully saturated rings. The van der Waals surface area contributed by atoms with Gasteiger partial charge >= 0.3 is 5.97 Å². The molecule has 0 saturated carbocycles. The van der Waals surface area contributed by atoms with Gasteiger partial charge in [0.05, 0.1) is 5.56 Å². The van der Waals surface area contributed by atoms with Gasteiger partial charge in [0.1, 0.15) is 5.82 Å². The van der Waals surface area contributed by atoms with Gasteiger partial charge in [-0.05, 0) is 35.9 Å². The maximum absolute atomic E-state index is 12.9. The summed E-state index contributed by atoms with van der Waals surface area (Å²) in [5.74, 6) is -1.26. The number of rotatable bonds is 2. The van der Waals surface area contributed by atoms with Crippen LogP contribution in [0.15, 0.2) is 48.7 Å². The summed E-state index contributed by atoms with van der Waals surface area (Å²) in [6.45, 7) is 0. The summed E-state index contributed by atoms with van der Waals surface area (Å²) in [7, 11) is 0. The minimum atomic E-state index is -0.965. The Labute approximate surface area is 108 Å². The van der Waals surface area contributed by atoms with Crippen molar-refractivity contribution in [2.45, 2.75) is 0 Å². The third-order valence-electron chi connectivity index (χ3n) is 3.08. The van der Waals surface area contributed by atoms with E-state index in [0.717, 1.165) is 22.0 Å². The van der Waals surface area contributed by atoms with Crippen molar-refractivity contribution in [2.24, 2.45) is 0 Å². The van der Waals surface area contributed by atoms with Gasteiger partial charge in [-0.2, -0.15) is 0 Å². The third-order valence-corrected chi connectivity index (χ3v) is 3.08. The number of carboxylic acids is 1. The maximum atomic E-state index is 12.9. The molecule has 0 aliphatic rings. The monoisotopic (exact) mass is 255 g/mol. The fraction of sp³-hybridized carbons (Fsp3) is 0. The van der Waals surface area contributed by atoms with Crippen molar-refractivity contribution in [3.63, 3.8) is 0 Å². The molecule has 94 valence electrons. The Morgan fingerprint density at radius 2 is 1.84 bits per heavy atom. The SMILES string of the molecule is O=C(O)c1ccc2[nH]cc(-c3ccc(F)cc3)c2c1. The van der Waals surface area contributed by atoms with Gasteiger partial charge in [0, 0.05) is 22.7 Å². The van der Waals surface area contributed by atoms with Crippen LogP contribution in [0, 0.1) is 5.82 Å². The molecule has 0 aliphatic heterocycles. The van der Waals surface area contributed by atoms with Gasteiger partial charge < -0.3 is 10.1 Å². The molecule has 4 heteroatoms. The summed E-state index contributed by atoms with van der Waals surface area (Å²) in [5.41, 5.74) is 2.79. The maximum Gasteiger partial charge on any atom is 0.335 e. The molecule has 0 saturated heterocycles. The number of nitrogens with one attached hydrogen (secondary N) is 1. The number of aromatic amines is 1. The van der Waals surface area contributed by atoms with Crippen molar-refractivity contribution in [1.29, 1.82) is 0 Å². The zero-order valence-electron chi connectivity index (χ0n) is 9.85. The first-order chi connectivity index (χ1) is 9.15. The average molecular weight is 255 g/mol. The molecule has 0 bridgehead atoms. The summed E-state index contributed by atoms with van der Waals surface area (Å²) in [6.07, 6.45) is 1.80. The van der Waals surface area contributed by atoms with Crippen LogP contribution in [0.4, 0.5) is 4.39 Å². The highest BCUT2D eigenvalue weighted by atomic mass is 19.1. The lowest BCUT2D eigenvalue weighted by molar-refractivity contribution is 0.0697. The van der Waals surface area contributed by atoms with Gasteiger partial charge in [-0.25, -0.2) is 9.18 Å². The van der Waals surface area contributed by atoms with E-state index in [0.29, 0.717) is 0 Å². The van der Waals surface area contributed by atoms with E-state index >= 15 is 0 Å². The van der Waals surface area contributed by atoms with E-state index in [1.165, 1.54) is 12.1 Å². The van der Waals surface area contributed by atoms with E-state index in [9.17, 15) is 9.18 Å². The smallest absolute Gasteiger partial charge is 0.335 e. The molecular formula is C15H10FNO2. The number of aromatic carboxylic acids is 1. The lowest BCUT2D eigenvalue weighted by Crippen LogP contribution is -1.94. The zero-order chi connectivity index (χ0) is 13.4. The second kappa shape index (κ2) is 4.24. The zero-order valence-corrected chi connectivity index (χ0v) is 9.85. The topological polar surface area (TPSA) is 53.1 Å². The van der Waals surface area contributed by atoms with Crippen molar-refractivity contribution in [3.05, 3.63) is 60.0 Å². The lowest BCUT2D eigenvalue weighted by atomic mass is 10.0. The van der Waals surface area contributed by atoms with Crippen molar-refractivity contribution < 1.29 is 14.3 Å². The largest absolute Gasteiger partial charge is 0.478 e. The average Bonchev–Trinajstić information content (AvgIpc) is 2.82. The third kappa shape index (κ3) is 1.97. The number of aromatic nitrogens is 1. The van der Waals surface area contributed by atoms with E-state index in [1.807, 2.05) is 0 Å². The molecule has 2 aromatic carbocycles. The van der Waals surface area contributed by atoms with Crippen molar-refractivity contribution in [2.75, 3.05) is 0 Å². The highest BCUT2D eigenvalue weighted by Gasteiger charge is 2.09. The minimum absolute atomic E-state index is 0.232. The van der Waals surface area contributed by atoms with E-state index < -0.39 is 5.97 Å². The van der Waals surface area contributed by atoms with Gasteiger partial charge in [-0.3, -0.25) is 0 Å². The van der Waals surface area contributed by atoms with Crippen LogP contribution in [0.5, 0.6) is 0 Å². The van der Waals surface area contributed by atoms with Crippen LogP contribution < -0.4 is 0 Å². The molecule has 3 aromatic rings. The Bertz CT molecular complexity index is 759. The first-order valence-electron chi connectivity index (χ1n) is 5.75. The first-order valence-corrected chi connectivity index (χ1v) is 5.75. The highest BCUT2D eigenvalue weighted by molar-refractivity contribution is 6.00. The molecule has 2 N–H and O–H groups in total. The number of halogens is 1. The number of fused-ring (bicyclic) bond motifs is 1. The number of hydrogen-bond donors (Lipinski definition) is 2. The molecule has 0 aliphatic carbocycles. The van der Waals surface area contributed by atoms with E-state index in [-0.39, 0.29) is 11.4 Å². The molecule has 1 heterocycles. The molecule has 19 heavy (non-hydrogen) atoms.